The summed E-state index contributed by atoms with van der Waals surface area (Å²) in [5, 5.41) is 19.3. The molecule has 1 aliphatic heterocycles. The standard InChI is InChI=1S/C17H25NO3/c1-3-10-17(16(20)21)11-5-12-18(17)15(4-2)13-6-8-14(19)9-7-13/h6-9,15,19H,3-5,10-12H2,1-2H3,(H,20,21). The van der Waals surface area contributed by atoms with Crippen molar-refractivity contribution in [2.24, 2.45) is 0 Å². The summed E-state index contributed by atoms with van der Waals surface area (Å²) in [5.74, 6) is -0.452. The monoisotopic (exact) mass is 291 g/mol. The van der Waals surface area contributed by atoms with Crippen molar-refractivity contribution in [2.75, 3.05) is 6.54 Å². The Kier molecular flexibility index (Phi) is 4.88. The minimum absolute atomic E-state index is 0.0933. The molecule has 1 fully saturated rings. The number of aliphatic carboxylic acids is 1. The molecule has 4 heteroatoms. The maximum atomic E-state index is 11.9. The minimum Gasteiger partial charge on any atom is -0.508 e. The molecule has 4 nitrogen and oxygen atoms in total. The van der Waals surface area contributed by atoms with Crippen LogP contribution in [-0.2, 0) is 4.79 Å². The first-order chi connectivity index (χ1) is 10.0. The van der Waals surface area contributed by atoms with Crippen LogP contribution < -0.4 is 0 Å². The van der Waals surface area contributed by atoms with E-state index in [0.29, 0.717) is 6.42 Å². The number of aromatic hydroxyl groups is 1. The zero-order chi connectivity index (χ0) is 15.5. The fourth-order valence-corrected chi connectivity index (χ4v) is 3.71. The molecule has 0 spiro atoms. The van der Waals surface area contributed by atoms with Gasteiger partial charge in [0, 0.05) is 6.04 Å². The third-order valence-corrected chi connectivity index (χ3v) is 4.64. The summed E-state index contributed by atoms with van der Waals surface area (Å²) in [7, 11) is 0. The number of carbonyl (C=O) groups is 1. The molecule has 21 heavy (non-hydrogen) atoms. The molecule has 0 aromatic heterocycles. The largest absolute Gasteiger partial charge is 0.508 e. The van der Waals surface area contributed by atoms with Gasteiger partial charge in [-0.25, -0.2) is 0 Å². The highest BCUT2D eigenvalue weighted by Crippen LogP contribution is 2.41. The average Bonchev–Trinajstić information content (AvgIpc) is 2.87. The van der Waals surface area contributed by atoms with Gasteiger partial charge in [0.1, 0.15) is 11.3 Å². The zero-order valence-corrected chi connectivity index (χ0v) is 12.9. The predicted molar refractivity (Wildman–Crippen MR) is 82.4 cm³/mol. The van der Waals surface area contributed by atoms with Gasteiger partial charge < -0.3 is 10.2 Å². The van der Waals surface area contributed by atoms with E-state index in [1.165, 1.54) is 0 Å². The first-order valence-electron chi connectivity index (χ1n) is 7.84. The Morgan fingerprint density at radius 2 is 2.00 bits per heavy atom. The molecular weight excluding hydrogens is 266 g/mol. The highest BCUT2D eigenvalue weighted by molar-refractivity contribution is 5.79. The van der Waals surface area contributed by atoms with Crippen LogP contribution in [0.2, 0.25) is 0 Å². The van der Waals surface area contributed by atoms with E-state index in [0.717, 1.165) is 37.8 Å². The number of hydrogen-bond acceptors (Lipinski definition) is 3. The molecule has 1 aromatic carbocycles. The second kappa shape index (κ2) is 6.48. The van der Waals surface area contributed by atoms with Crippen LogP contribution in [0.5, 0.6) is 5.75 Å². The SMILES string of the molecule is CCCC1(C(=O)O)CCCN1C(CC)c1ccc(O)cc1. The Morgan fingerprint density at radius 1 is 1.33 bits per heavy atom. The quantitative estimate of drug-likeness (QED) is 0.841. The highest BCUT2D eigenvalue weighted by Gasteiger charge is 2.49. The molecule has 2 atom stereocenters. The van der Waals surface area contributed by atoms with Crippen molar-refractivity contribution < 1.29 is 15.0 Å². The molecule has 1 heterocycles. The van der Waals surface area contributed by atoms with Gasteiger partial charge in [0.2, 0.25) is 0 Å². The van der Waals surface area contributed by atoms with Crippen LogP contribution >= 0.6 is 0 Å². The van der Waals surface area contributed by atoms with E-state index < -0.39 is 11.5 Å². The van der Waals surface area contributed by atoms with E-state index in [1.54, 1.807) is 12.1 Å². The molecule has 0 saturated carbocycles. The van der Waals surface area contributed by atoms with Crippen molar-refractivity contribution in [3.63, 3.8) is 0 Å². The lowest BCUT2D eigenvalue weighted by Gasteiger charge is -2.40. The summed E-state index contributed by atoms with van der Waals surface area (Å²) in [6.45, 7) is 4.96. The lowest BCUT2D eigenvalue weighted by atomic mass is 9.88. The Balaban J connectivity index is 2.35. The number of phenols is 1. The van der Waals surface area contributed by atoms with Gasteiger partial charge in [-0.1, -0.05) is 32.4 Å². The normalized spacial score (nSPS) is 24.1. The third-order valence-electron chi connectivity index (χ3n) is 4.64. The van der Waals surface area contributed by atoms with Gasteiger partial charge in [0.05, 0.1) is 0 Å². The summed E-state index contributed by atoms with van der Waals surface area (Å²) in [6, 6.07) is 7.25. The molecule has 0 radical (unpaired) electrons. The fraction of sp³-hybridized carbons (Fsp3) is 0.588. The van der Waals surface area contributed by atoms with E-state index >= 15 is 0 Å². The highest BCUT2D eigenvalue weighted by atomic mass is 16.4. The number of benzene rings is 1. The van der Waals surface area contributed by atoms with Crippen LogP contribution in [0.3, 0.4) is 0 Å². The van der Waals surface area contributed by atoms with Crippen molar-refractivity contribution in [1.29, 1.82) is 0 Å². The summed E-state index contributed by atoms with van der Waals surface area (Å²) in [5.41, 5.74) is 0.353. The Morgan fingerprint density at radius 3 is 2.52 bits per heavy atom. The number of hydrogen-bond donors (Lipinski definition) is 2. The molecule has 2 N–H and O–H groups in total. The topological polar surface area (TPSA) is 60.8 Å². The lowest BCUT2D eigenvalue weighted by Crippen LogP contribution is -2.51. The van der Waals surface area contributed by atoms with E-state index in [4.69, 9.17) is 0 Å². The first-order valence-corrected chi connectivity index (χ1v) is 7.84. The molecular formula is C17H25NO3. The number of carboxylic acid groups (broad SMARTS) is 1. The van der Waals surface area contributed by atoms with Crippen LogP contribution in [0.15, 0.2) is 24.3 Å². The molecule has 1 saturated heterocycles. The van der Waals surface area contributed by atoms with E-state index in [9.17, 15) is 15.0 Å². The van der Waals surface area contributed by atoms with Crippen molar-refractivity contribution in [1.82, 2.24) is 4.90 Å². The summed E-state index contributed by atoms with van der Waals surface area (Å²) < 4.78 is 0. The Labute approximate surface area is 126 Å². The van der Waals surface area contributed by atoms with E-state index in [1.807, 2.05) is 19.1 Å². The summed E-state index contributed by atoms with van der Waals surface area (Å²) in [6.07, 6.45) is 4.08. The average molecular weight is 291 g/mol. The summed E-state index contributed by atoms with van der Waals surface area (Å²) in [4.78, 5) is 14.1. The number of phenolic OH excluding ortho intramolecular Hbond substituents is 1. The minimum atomic E-state index is -0.729. The van der Waals surface area contributed by atoms with E-state index in [2.05, 4.69) is 11.8 Å². The zero-order valence-electron chi connectivity index (χ0n) is 12.9. The third kappa shape index (κ3) is 2.91. The molecule has 1 aromatic rings. The van der Waals surface area contributed by atoms with Gasteiger partial charge in [0.15, 0.2) is 0 Å². The predicted octanol–water partition coefficient (Wildman–Crippen LogP) is 3.56. The van der Waals surface area contributed by atoms with E-state index in [-0.39, 0.29) is 11.8 Å². The Hall–Kier alpha value is -1.55. The van der Waals surface area contributed by atoms with Gasteiger partial charge in [0.25, 0.3) is 0 Å². The van der Waals surface area contributed by atoms with Crippen LogP contribution in [-0.4, -0.2) is 33.2 Å². The second-order valence-corrected chi connectivity index (χ2v) is 5.90. The fourth-order valence-electron chi connectivity index (χ4n) is 3.71. The van der Waals surface area contributed by atoms with Crippen LogP contribution in [0, 0.1) is 0 Å². The molecule has 1 aliphatic rings. The molecule has 0 amide bonds. The van der Waals surface area contributed by atoms with Gasteiger partial charge in [-0.3, -0.25) is 9.69 Å². The van der Waals surface area contributed by atoms with Gasteiger partial charge in [-0.05, 0) is 49.9 Å². The molecule has 116 valence electrons. The Bertz CT molecular complexity index is 485. The van der Waals surface area contributed by atoms with Gasteiger partial charge in [-0.15, -0.1) is 0 Å². The van der Waals surface area contributed by atoms with Crippen molar-refractivity contribution in [2.45, 2.75) is 57.5 Å². The van der Waals surface area contributed by atoms with Gasteiger partial charge in [-0.2, -0.15) is 0 Å². The molecule has 0 bridgehead atoms. The number of carboxylic acids is 1. The molecule has 2 unspecified atom stereocenters. The maximum absolute atomic E-state index is 11.9. The van der Waals surface area contributed by atoms with Crippen LogP contribution in [0.1, 0.15) is 57.6 Å². The molecule has 2 rings (SSSR count). The second-order valence-electron chi connectivity index (χ2n) is 5.90. The first kappa shape index (κ1) is 15.8. The van der Waals surface area contributed by atoms with Crippen molar-refractivity contribution in [3.8, 4) is 5.75 Å². The molecule has 0 aliphatic carbocycles. The lowest BCUT2D eigenvalue weighted by molar-refractivity contribution is -0.152. The van der Waals surface area contributed by atoms with Crippen LogP contribution in [0.25, 0.3) is 0 Å². The smallest absolute Gasteiger partial charge is 0.324 e. The number of likely N-dealkylation sites (tertiary alicyclic amines) is 1. The summed E-state index contributed by atoms with van der Waals surface area (Å²) >= 11 is 0. The van der Waals surface area contributed by atoms with Crippen LogP contribution in [0.4, 0.5) is 0 Å². The van der Waals surface area contributed by atoms with Crippen molar-refractivity contribution >= 4 is 5.97 Å². The van der Waals surface area contributed by atoms with Crippen molar-refractivity contribution in [3.05, 3.63) is 29.8 Å². The maximum Gasteiger partial charge on any atom is 0.324 e. The number of nitrogens with zero attached hydrogens (tertiary/aromatic N) is 1. The number of rotatable bonds is 6. The van der Waals surface area contributed by atoms with Gasteiger partial charge >= 0.3 is 5.97 Å².